The van der Waals surface area contributed by atoms with E-state index in [0.717, 1.165) is 9.35 Å². The van der Waals surface area contributed by atoms with Gasteiger partial charge in [0, 0.05) is 11.5 Å². The van der Waals surface area contributed by atoms with E-state index in [1.165, 1.54) is 50.6 Å². The maximum absolute atomic E-state index is 12.8. The van der Waals surface area contributed by atoms with E-state index in [4.69, 9.17) is 11.6 Å². The van der Waals surface area contributed by atoms with Crippen molar-refractivity contribution in [3.63, 3.8) is 0 Å². The van der Waals surface area contributed by atoms with Crippen LogP contribution in [-0.2, 0) is 14.4 Å². The number of fused-ring (bicyclic) bond motifs is 1. The second-order valence-electron chi connectivity index (χ2n) is 7.23. The van der Waals surface area contributed by atoms with Gasteiger partial charge in [-0.25, -0.2) is 4.79 Å². The molecule has 2 aliphatic rings. The molecule has 0 bridgehead atoms. The quantitative estimate of drug-likeness (QED) is 0.421. The number of carboxylic acid groups (broad SMARTS) is 1. The van der Waals surface area contributed by atoms with E-state index >= 15 is 0 Å². The second-order valence-corrected chi connectivity index (χ2v) is 11.1. The van der Waals surface area contributed by atoms with E-state index in [2.05, 4.69) is 20.6 Å². The van der Waals surface area contributed by atoms with Crippen LogP contribution in [0, 0.1) is 13.8 Å². The monoisotopic (exact) mass is 514 g/mol. The Morgan fingerprint density at radius 2 is 2.16 bits per heavy atom. The number of carbonyl (C=O) groups excluding carboxylic acids is 2. The molecule has 0 unspecified atom stereocenters. The minimum atomic E-state index is -1.16. The molecule has 0 saturated carbocycles. The number of carbonyl (C=O) groups is 3. The van der Waals surface area contributed by atoms with E-state index in [1.54, 1.807) is 13.8 Å². The molecule has 1 fully saturated rings. The summed E-state index contributed by atoms with van der Waals surface area (Å²) in [6.45, 7) is 5.26. The summed E-state index contributed by atoms with van der Waals surface area (Å²) in [5, 5.41) is 25.4. The van der Waals surface area contributed by atoms with Gasteiger partial charge in [0.1, 0.15) is 28.2 Å². The first-order chi connectivity index (χ1) is 15.2. The molecule has 2 N–H and O–H groups in total. The number of hydrogen-bond donors (Lipinski definition) is 2. The van der Waals surface area contributed by atoms with Gasteiger partial charge in [0.25, 0.3) is 5.91 Å². The lowest BCUT2D eigenvalue weighted by Crippen LogP contribution is -2.71. The summed E-state index contributed by atoms with van der Waals surface area (Å²) in [5.41, 5.74) is 1.28. The van der Waals surface area contributed by atoms with Crippen LogP contribution in [0.4, 0.5) is 0 Å². The molecule has 10 nitrogen and oxygen atoms in total. The van der Waals surface area contributed by atoms with Crippen LogP contribution in [0.3, 0.4) is 0 Å². The third-order valence-electron chi connectivity index (χ3n) is 5.16. The van der Waals surface area contributed by atoms with Gasteiger partial charge in [-0.1, -0.05) is 34.7 Å². The van der Waals surface area contributed by atoms with Gasteiger partial charge in [0.05, 0.1) is 16.9 Å². The highest BCUT2D eigenvalue weighted by molar-refractivity contribution is 8.01. The Morgan fingerprint density at radius 1 is 1.41 bits per heavy atom. The number of aryl methyl sites for hydroxylation is 1. The highest BCUT2D eigenvalue weighted by atomic mass is 35.5. The predicted octanol–water partition coefficient (Wildman–Crippen LogP) is 2.10. The van der Waals surface area contributed by atoms with Crippen LogP contribution in [0.1, 0.15) is 23.7 Å². The molecular weight excluding hydrogens is 496 g/mol. The summed E-state index contributed by atoms with van der Waals surface area (Å²) in [7, 11) is 0. The van der Waals surface area contributed by atoms with Crippen molar-refractivity contribution in [2.75, 3.05) is 11.5 Å². The molecule has 4 heterocycles. The molecule has 0 radical (unpaired) electrons. The minimum absolute atomic E-state index is 0.0132. The van der Waals surface area contributed by atoms with Crippen molar-refractivity contribution < 1.29 is 19.5 Å². The van der Waals surface area contributed by atoms with Crippen molar-refractivity contribution in [1.82, 2.24) is 30.2 Å². The minimum Gasteiger partial charge on any atom is -0.477 e. The SMILES string of the molecule is Cc1nnc(SCC2=C(C(=O)O)N3C(=O)[C@@H](NC(=O)[C@@H](C)n4ncc(Cl)c4C)[C@H]3SC2)s1. The fourth-order valence-electron chi connectivity index (χ4n) is 3.46. The maximum atomic E-state index is 12.8. The van der Waals surface area contributed by atoms with Crippen molar-refractivity contribution in [1.29, 1.82) is 0 Å². The average molecular weight is 515 g/mol. The van der Waals surface area contributed by atoms with Crippen LogP contribution in [0.25, 0.3) is 0 Å². The van der Waals surface area contributed by atoms with Gasteiger partial charge in [-0.15, -0.1) is 22.0 Å². The molecule has 2 aromatic heterocycles. The predicted molar refractivity (Wildman–Crippen MR) is 122 cm³/mol. The maximum Gasteiger partial charge on any atom is 0.352 e. The number of aliphatic carboxylic acids is 1. The van der Waals surface area contributed by atoms with Gasteiger partial charge in [-0.05, 0) is 26.3 Å². The average Bonchev–Trinajstić information content (AvgIpc) is 3.33. The van der Waals surface area contributed by atoms with E-state index in [0.29, 0.717) is 27.8 Å². The third-order valence-corrected chi connectivity index (χ3v) is 8.93. The van der Waals surface area contributed by atoms with E-state index in [1.807, 2.05) is 6.92 Å². The third kappa shape index (κ3) is 4.14. The Kier molecular flexibility index (Phi) is 6.52. The standard InChI is InChI=1S/C18H19ClN6O4S3/c1-7-11(19)4-20-25(7)8(2)14(26)21-12-15(27)24-13(17(28)29)10(5-30-16(12)24)6-31-18-23-22-9(3)32-18/h4,8,12,16H,5-6H2,1-3H3,(H,21,26)(H,28,29)/t8-,12-,16-/m1/s1. The zero-order valence-corrected chi connectivity index (χ0v) is 20.4. The summed E-state index contributed by atoms with van der Waals surface area (Å²) in [4.78, 5) is 38.8. The Bertz CT molecular complexity index is 1130. The number of nitrogens with zero attached hydrogens (tertiary/aromatic N) is 5. The lowest BCUT2D eigenvalue weighted by molar-refractivity contribution is -0.151. The van der Waals surface area contributed by atoms with Gasteiger partial charge >= 0.3 is 5.97 Å². The number of aromatic nitrogens is 4. The number of amides is 2. The van der Waals surface area contributed by atoms with Gasteiger partial charge in [0.2, 0.25) is 5.91 Å². The molecule has 2 aliphatic heterocycles. The highest BCUT2D eigenvalue weighted by Crippen LogP contribution is 2.42. The molecule has 32 heavy (non-hydrogen) atoms. The van der Waals surface area contributed by atoms with Gasteiger partial charge in [-0.3, -0.25) is 19.2 Å². The zero-order valence-electron chi connectivity index (χ0n) is 17.2. The van der Waals surface area contributed by atoms with Gasteiger partial charge in [-0.2, -0.15) is 5.10 Å². The number of thioether (sulfide) groups is 2. The number of nitrogens with one attached hydrogen (secondary N) is 1. The van der Waals surface area contributed by atoms with Gasteiger partial charge < -0.3 is 10.4 Å². The number of β-lactam (4-membered cyclic amide) rings is 1. The Hall–Kier alpha value is -2.09. The topological polar surface area (TPSA) is 130 Å². The van der Waals surface area contributed by atoms with Crippen molar-refractivity contribution >= 4 is 64.2 Å². The van der Waals surface area contributed by atoms with E-state index < -0.39 is 29.3 Å². The summed E-state index contributed by atoms with van der Waals surface area (Å²) in [6.07, 6.45) is 1.46. The first-order valence-corrected chi connectivity index (χ1v) is 12.7. The summed E-state index contributed by atoms with van der Waals surface area (Å²) in [6, 6.07) is -1.47. The number of halogens is 1. The fraction of sp³-hybridized carbons (Fsp3) is 0.444. The molecule has 0 spiro atoms. The molecule has 170 valence electrons. The van der Waals surface area contributed by atoms with Crippen molar-refractivity contribution in [2.45, 2.75) is 42.6 Å². The molecular formula is C18H19ClN6O4S3. The molecule has 14 heteroatoms. The van der Waals surface area contributed by atoms with Crippen LogP contribution >= 0.6 is 46.5 Å². The van der Waals surface area contributed by atoms with Crippen LogP contribution in [0.5, 0.6) is 0 Å². The van der Waals surface area contributed by atoms with Crippen molar-refractivity contribution in [2.24, 2.45) is 0 Å². The lowest BCUT2D eigenvalue weighted by atomic mass is 10.0. The molecule has 0 aromatic carbocycles. The molecule has 1 saturated heterocycles. The molecule has 0 aliphatic carbocycles. The highest BCUT2D eigenvalue weighted by Gasteiger charge is 2.54. The Labute approximate surface area is 200 Å². The fourth-order valence-corrected chi connectivity index (χ4v) is 6.89. The first kappa shape index (κ1) is 23.1. The smallest absolute Gasteiger partial charge is 0.352 e. The van der Waals surface area contributed by atoms with E-state index in [-0.39, 0.29) is 11.6 Å². The molecule has 3 atom stereocenters. The Morgan fingerprint density at radius 3 is 2.75 bits per heavy atom. The van der Waals surface area contributed by atoms with Crippen molar-refractivity contribution in [3.8, 4) is 0 Å². The second kappa shape index (κ2) is 9.04. The van der Waals surface area contributed by atoms with E-state index in [9.17, 15) is 19.5 Å². The summed E-state index contributed by atoms with van der Waals surface area (Å²) < 4.78 is 2.23. The van der Waals surface area contributed by atoms with Crippen LogP contribution in [0.15, 0.2) is 21.8 Å². The lowest BCUT2D eigenvalue weighted by Gasteiger charge is -2.49. The Balaban J connectivity index is 1.46. The normalized spacial score (nSPS) is 21.2. The summed E-state index contributed by atoms with van der Waals surface area (Å²) in [5.74, 6) is -1.15. The largest absolute Gasteiger partial charge is 0.477 e. The number of carboxylic acids is 1. The zero-order chi connectivity index (χ0) is 23.2. The molecule has 2 amide bonds. The molecule has 2 aromatic rings. The molecule has 4 rings (SSSR count). The van der Waals surface area contributed by atoms with Crippen LogP contribution < -0.4 is 5.32 Å². The number of hydrogen-bond acceptors (Lipinski definition) is 9. The first-order valence-electron chi connectivity index (χ1n) is 9.52. The van der Waals surface area contributed by atoms with Gasteiger partial charge in [0.15, 0.2) is 4.34 Å². The van der Waals surface area contributed by atoms with Crippen LogP contribution in [0.2, 0.25) is 5.02 Å². The van der Waals surface area contributed by atoms with Crippen LogP contribution in [-0.4, -0.2) is 70.7 Å². The number of rotatable bonds is 7. The summed E-state index contributed by atoms with van der Waals surface area (Å²) >= 11 is 10.3. The van der Waals surface area contributed by atoms with Crippen molar-refractivity contribution in [3.05, 3.63) is 33.2 Å².